The molecule has 0 saturated heterocycles. The molecule has 0 radical (unpaired) electrons. The quantitative estimate of drug-likeness (QED) is 0.453. The van der Waals surface area contributed by atoms with E-state index in [9.17, 15) is 4.79 Å². The summed E-state index contributed by atoms with van der Waals surface area (Å²) in [5.41, 5.74) is 7.50. The second-order valence-electron chi connectivity index (χ2n) is 3.97. The highest BCUT2D eigenvalue weighted by Crippen LogP contribution is 1.98. The average molecular weight is 236 g/mol. The summed E-state index contributed by atoms with van der Waals surface area (Å²) in [5.74, 6) is -0.708. The number of rotatable bonds is 9. The van der Waals surface area contributed by atoms with Crippen molar-refractivity contribution in [2.45, 2.75) is 32.2 Å². The number of hydrogen-bond acceptors (Lipinski definition) is 3. The normalized spacial score (nSPS) is 10.4. The first-order valence-corrected chi connectivity index (χ1v) is 6.00. The summed E-state index contributed by atoms with van der Waals surface area (Å²) in [6.07, 6.45) is 2.98. The molecule has 0 aliphatic rings. The number of nitrogens with one attached hydrogen (secondary N) is 2. The van der Waals surface area contributed by atoms with E-state index in [0.717, 1.165) is 32.4 Å². The number of hydrazine groups is 1. The lowest BCUT2D eigenvalue weighted by Gasteiger charge is -2.06. The highest BCUT2D eigenvalue weighted by atomic mass is 16.4. The first-order chi connectivity index (χ1) is 8.29. The van der Waals surface area contributed by atoms with Gasteiger partial charge < -0.3 is 5.11 Å². The zero-order valence-corrected chi connectivity index (χ0v) is 9.98. The van der Waals surface area contributed by atoms with Crippen molar-refractivity contribution in [1.82, 2.24) is 10.9 Å². The van der Waals surface area contributed by atoms with Crippen molar-refractivity contribution in [3.8, 4) is 0 Å². The van der Waals surface area contributed by atoms with E-state index in [1.54, 1.807) is 0 Å². The smallest absolute Gasteiger partial charge is 0.303 e. The second kappa shape index (κ2) is 8.73. The molecular weight excluding hydrogens is 216 g/mol. The fourth-order valence-corrected chi connectivity index (χ4v) is 1.52. The van der Waals surface area contributed by atoms with Crippen molar-refractivity contribution in [3.05, 3.63) is 35.9 Å². The fourth-order valence-electron chi connectivity index (χ4n) is 1.52. The Morgan fingerprint density at radius 1 is 1.06 bits per heavy atom. The van der Waals surface area contributed by atoms with Gasteiger partial charge in [-0.25, -0.2) is 0 Å². The Hall–Kier alpha value is -1.39. The number of benzene rings is 1. The van der Waals surface area contributed by atoms with Crippen molar-refractivity contribution in [2.24, 2.45) is 0 Å². The molecule has 1 rings (SSSR count). The van der Waals surface area contributed by atoms with Gasteiger partial charge in [0, 0.05) is 19.5 Å². The average Bonchev–Trinajstić information content (AvgIpc) is 2.33. The molecule has 0 aliphatic carbocycles. The van der Waals surface area contributed by atoms with Crippen LogP contribution in [0.15, 0.2) is 30.3 Å². The molecule has 0 bridgehead atoms. The number of aliphatic carboxylic acids is 1. The molecule has 4 heteroatoms. The molecule has 1 aromatic carbocycles. The summed E-state index contributed by atoms with van der Waals surface area (Å²) >= 11 is 0. The largest absolute Gasteiger partial charge is 0.481 e. The van der Waals surface area contributed by atoms with Gasteiger partial charge in [-0.3, -0.25) is 15.6 Å². The summed E-state index contributed by atoms with van der Waals surface area (Å²) in [6.45, 7) is 1.67. The SMILES string of the molecule is O=C(O)CCCCCNNCc1ccccc1. The molecule has 0 saturated carbocycles. The van der Waals surface area contributed by atoms with E-state index in [0.29, 0.717) is 0 Å². The van der Waals surface area contributed by atoms with Gasteiger partial charge in [0.25, 0.3) is 0 Å². The zero-order chi connectivity index (χ0) is 12.3. The van der Waals surface area contributed by atoms with Crippen LogP contribution < -0.4 is 10.9 Å². The van der Waals surface area contributed by atoms with Crippen LogP contribution in [-0.2, 0) is 11.3 Å². The van der Waals surface area contributed by atoms with Crippen molar-refractivity contribution in [2.75, 3.05) is 6.54 Å². The molecule has 3 N–H and O–H groups in total. The molecule has 0 atom stereocenters. The molecule has 0 amide bonds. The van der Waals surface area contributed by atoms with Crippen LogP contribution >= 0.6 is 0 Å². The molecule has 4 nitrogen and oxygen atoms in total. The van der Waals surface area contributed by atoms with Gasteiger partial charge >= 0.3 is 5.97 Å². The summed E-state index contributed by atoms with van der Waals surface area (Å²) < 4.78 is 0. The topological polar surface area (TPSA) is 61.4 Å². The van der Waals surface area contributed by atoms with E-state index in [1.807, 2.05) is 18.2 Å². The summed E-state index contributed by atoms with van der Waals surface area (Å²) in [7, 11) is 0. The molecule has 0 fully saturated rings. The minimum Gasteiger partial charge on any atom is -0.481 e. The maximum absolute atomic E-state index is 10.3. The van der Waals surface area contributed by atoms with Crippen LogP contribution in [0.25, 0.3) is 0 Å². The van der Waals surface area contributed by atoms with Crippen LogP contribution in [0.4, 0.5) is 0 Å². The third kappa shape index (κ3) is 7.49. The van der Waals surface area contributed by atoms with Crippen LogP contribution in [0, 0.1) is 0 Å². The molecule has 0 aromatic heterocycles. The first-order valence-electron chi connectivity index (χ1n) is 6.00. The Balaban J connectivity index is 1.90. The van der Waals surface area contributed by atoms with Gasteiger partial charge in [-0.05, 0) is 18.4 Å². The van der Waals surface area contributed by atoms with Crippen LogP contribution in [0.5, 0.6) is 0 Å². The van der Waals surface area contributed by atoms with Crippen LogP contribution in [0.1, 0.15) is 31.2 Å². The Labute approximate surface area is 102 Å². The van der Waals surface area contributed by atoms with E-state index >= 15 is 0 Å². The zero-order valence-electron chi connectivity index (χ0n) is 9.98. The molecular formula is C13H20N2O2. The first kappa shape index (κ1) is 13.7. The lowest BCUT2D eigenvalue weighted by molar-refractivity contribution is -0.137. The summed E-state index contributed by atoms with van der Waals surface area (Å²) in [5, 5.41) is 8.45. The van der Waals surface area contributed by atoms with Crippen molar-refractivity contribution >= 4 is 5.97 Å². The van der Waals surface area contributed by atoms with Crippen molar-refractivity contribution in [3.63, 3.8) is 0 Å². The highest BCUT2D eigenvalue weighted by molar-refractivity contribution is 5.66. The number of carboxylic acid groups (broad SMARTS) is 1. The standard InChI is InChI=1S/C13H20N2O2/c16-13(17)9-5-2-6-10-14-15-11-12-7-3-1-4-8-12/h1,3-4,7-8,14-15H,2,5-6,9-11H2,(H,16,17). The maximum atomic E-state index is 10.3. The molecule has 0 aliphatic heterocycles. The lowest BCUT2D eigenvalue weighted by atomic mass is 10.2. The van der Waals surface area contributed by atoms with Crippen LogP contribution in [0.2, 0.25) is 0 Å². The van der Waals surface area contributed by atoms with E-state index in [-0.39, 0.29) is 6.42 Å². The van der Waals surface area contributed by atoms with Gasteiger partial charge in [0.1, 0.15) is 0 Å². The van der Waals surface area contributed by atoms with Crippen molar-refractivity contribution < 1.29 is 9.90 Å². The number of carboxylic acids is 1. The third-order valence-electron chi connectivity index (χ3n) is 2.45. The Bertz CT molecular complexity index is 314. The summed E-state index contributed by atoms with van der Waals surface area (Å²) in [4.78, 5) is 10.3. The molecule has 0 heterocycles. The van der Waals surface area contributed by atoms with Gasteiger partial charge in [-0.15, -0.1) is 0 Å². The predicted octanol–water partition coefficient (Wildman–Crippen LogP) is 1.93. The Morgan fingerprint density at radius 2 is 1.82 bits per heavy atom. The Kier molecular flexibility index (Phi) is 7.02. The molecule has 0 unspecified atom stereocenters. The second-order valence-corrected chi connectivity index (χ2v) is 3.97. The van der Waals surface area contributed by atoms with Gasteiger partial charge in [0.15, 0.2) is 0 Å². The van der Waals surface area contributed by atoms with Gasteiger partial charge in [-0.2, -0.15) is 0 Å². The maximum Gasteiger partial charge on any atom is 0.303 e. The van der Waals surface area contributed by atoms with E-state index in [1.165, 1.54) is 5.56 Å². The minimum absolute atomic E-state index is 0.275. The molecule has 1 aromatic rings. The number of hydrogen-bond donors (Lipinski definition) is 3. The summed E-state index contributed by atoms with van der Waals surface area (Å²) in [6, 6.07) is 10.2. The number of unbranched alkanes of at least 4 members (excludes halogenated alkanes) is 2. The van der Waals surface area contributed by atoms with Gasteiger partial charge in [-0.1, -0.05) is 36.8 Å². The minimum atomic E-state index is -0.708. The third-order valence-corrected chi connectivity index (χ3v) is 2.45. The number of carbonyl (C=O) groups is 1. The van der Waals surface area contributed by atoms with E-state index < -0.39 is 5.97 Å². The van der Waals surface area contributed by atoms with Crippen LogP contribution in [-0.4, -0.2) is 17.6 Å². The lowest BCUT2D eigenvalue weighted by Crippen LogP contribution is -2.31. The van der Waals surface area contributed by atoms with E-state index in [4.69, 9.17) is 5.11 Å². The highest BCUT2D eigenvalue weighted by Gasteiger charge is 1.96. The fraction of sp³-hybridized carbons (Fsp3) is 0.462. The van der Waals surface area contributed by atoms with Crippen molar-refractivity contribution in [1.29, 1.82) is 0 Å². The Morgan fingerprint density at radius 3 is 2.53 bits per heavy atom. The van der Waals surface area contributed by atoms with Gasteiger partial charge in [0.2, 0.25) is 0 Å². The van der Waals surface area contributed by atoms with Crippen LogP contribution in [0.3, 0.4) is 0 Å². The molecule has 94 valence electrons. The van der Waals surface area contributed by atoms with Gasteiger partial charge in [0.05, 0.1) is 0 Å². The monoisotopic (exact) mass is 236 g/mol. The molecule has 0 spiro atoms. The molecule has 17 heavy (non-hydrogen) atoms. The van der Waals surface area contributed by atoms with E-state index in [2.05, 4.69) is 23.0 Å². The predicted molar refractivity (Wildman–Crippen MR) is 67.4 cm³/mol.